The third-order valence-electron chi connectivity index (χ3n) is 1.64. The van der Waals surface area contributed by atoms with E-state index in [2.05, 4.69) is 9.38 Å². The Labute approximate surface area is 102 Å². The highest BCUT2D eigenvalue weighted by atomic mass is 35.5. The van der Waals surface area contributed by atoms with Gasteiger partial charge in [0.1, 0.15) is 16.1 Å². The van der Waals surface area contributed by atoms with E-state index in [1.54, 1.807) is 20.8 Å². The second kappa shape index (κ2) is 5.12. The van der Waals surface area contributed by atoms with Gasteiger partial charge in [-0.3, -0.25) is 0 Å². The van der Waals surface area contributed by atoms with Gasteiger partial charge in [0.05, 0.1) is 6.21 Å². The minimum absolute atomic E-state index is 0.186. The molecule has 88 valence electrons. The Hall–Kier alpha value is -0.650. The zero-order chi connectivity index (χ0) is 12.3. The topological polar surface area (TPSA) is 48.3 Å². The molecule has 0 aliphatic carbocycles. The van der Waals surface area contributed by atoms with Gasteiger partial charge in [-0.15, -0.1) is 0 Å². The van der Waals surface area contributed by atoms with E-state index in [-0.39, 0.29) is 5.15 Å². The van der Waals surface area contributed by atoms with Crippen LogP contribution >= 0.6 is 11.6 Å². The van der Waals surface area contributed by atoms with Gasteiger partial charge in [-0.25, -0.2) is 9.37 Å². The molecule has 0 bridgehead atoms. The monoisotopic (exact) mass is 262 g/mol. The summed E-state index contributed by atoms with van der Waals surface area (Å²) in [6, 6.07) is 1.19. The average molecular weight is 263 g/mol. The molecule has 0 radical (unpaired) electrons. The lowest BCUT2D eigenvalue weighted by atomic mass is 10.3. The molecule has 0 fully saturated rings. The van der Waals surface area contributed by atoms with Crippen LogP contribution in [0.2, 0.25) is 5.15 Å². The van der Waals surface area contributed by atoms with Gasteiger partial charge in [0, 0.05) is 11.8 Å². The SMILES string of the molecule is CC(C)(C)[S@@+]([O-])N=Cc1cnc(Cl)c(F)c1. The Balaban J connectivity index is 2.81. The predicted octanol–water partition coefficient (Wildman–Crippen LogP) is 2.76. The first-order valence-corrected chi connectivity index (χ1v) is 6.06. The van der Waals surface area contributed by atoms with Crippen molar-refractivity contribution in [2.45, 2.75) is 25.5 Å². The Bertz CT molecular complexity index is 406. The molecular weight excluding hydrogens is 251 g/mol. The number of nitrogens with zero attached hydrogens (tertiary/aromatic N) is 2. The van der Waals surface area contributed by atoms with E-state index in [0.29, 0.717) is 5.56 Å². The molecule has 1 atom stereocenters. The molecule has 0 saturated heterocycles. The summed E-state index contributed by atoms with van der Waals surface area (Å²) in [4.78, 5) is 3.62. The molecule has 0 spiro atoms. The van der Waals surface area contributed by atoms with Gasteiger partial charge in [-0.05, 0) is 26.8 Å². The molecule has 0 saturated carbocycles. The normalized spacial score (nSPS) is 14.4. The molecule has 6 heteroatoms. The smallest absolute Gasteiger partial charge is 0.164 e. The summed E-state index contributed by atoms with van der Waals surface area (Å²) in [5, 5.41) is -0.186. The lowest BCUT2D eigenvalue weighted by Gasteiger charge is -2.17. The Morgan fingerprint density at radius 2 is 2.19 bits per heavy atom. The minimum atomic E-state index is -1.36. The molecule has 0 unspecified atom stereocenters. The molecule has 1 aromatic rings. The fourth-order valence-corrected chi connectivity index (χ4v) is 1.41. The van der Waals surface area contributed by atoms with Gasteiger partial charge in [-0.1, -0.05) is 16.0 Å². The quantitative estimate of drug-likeness (QED) is 0.467. The number of halogens is 2. The van der Waals surface area contributed by atoms with E-state index in [0.717, 1.165) is 0 Å². The van der Waals surface area contributed by atoms with Gasteiger partial charge in [0.2, 0.25) is 0 Å². The average Bonchev–Trinajstić information content (AvgIpc) is 2.18. The summed E-state index contributed by atoms with van der Waals surface area (Å²) in [7, 11) is 0. The fourth-order valence-electron chi connectivity index (χ4n) is 0.773. The molecule has 3 nitrogen and oxygen atoms in total. The van der Waals surface area contributed by atoms with Crippen LogP contribution in [-0.4, -0.2) is 20.5 Å². The second-order valence-electron chi connectivity index (χ2n) is 4.14. The summed E-state index contributed by atoms with van der Waals surface area (Å²) in [6.45, 7) is 5.42. The number of hydrogen-bond donors (Lipinski definition) is 0. The molecule has 0 aliphatic heterocycles. The van der Waals surface area contributed by atoms with E-state index >= 15 is 0 Å². The number of aromatic nitrogens is 1. The maximum absolute atomic E-state index is 13.0. The third kappa shape index (κ3) is 3.73. The van der Waals surface area contributed by atoms with Crippen molar-refractivity contribution in [3.63, 3.8) is 0 Å². The van der Waals surface area contributed by atoms with Gasteiger partial charge in [0.15, 0.2) is 11.0 Å². The molecule has 1 heterocycles. The van der Waals surface area contributed by atoms with Crippen molar-refractivity contribution in [3.8, 4) is 0 Å². The zero-order valence-corrected chi connectivity index (χ0v) is 10.8. The highest BCUT2D eigenvalue weighted by Gasteiger charge is 2.25. The van der Waals surface area contributed by atoms with Gasteiger partial charge in [-0.2, -0.15) is 0 Å². The number of pyridine rings is 1. The first kappa shape index (κ1) is 13.4. The lowest BCUT2D eigenvalue weighted by Crippen LogP contribution is -2.25. The molecule has 1 aromatic heterocycles. The molecular formula is C10H12ClFN2OS. The summed E-state index contributed by atoms with van der Waals surface area (Å²) in [5.41, 5.74) is 0.430. The first-order chi connectivity index (χ1) is 7.30. The van der Waals surface area contributed by atoms with Gasteiger partial charge < -0.3 is 4.55 Å². The Morgan fingerprint density at radius 3 is 2.69 bits per heavy atom. The van der Waals surface area contributed by atoms with Crippen molar-refractivity contribution in [2.75, 3.05) is 0 Å². The molecule has 0 aliphatic rings. The van der Waals surface area contributed by atoms with E-state index in [1.165, 1.54) is 18.5 Å². The van der Waals surface area contributed by atoms with E-state index in [4.69, 9.17) is 11.6 Å². The highest BCUT2D eigenvalue weighted by Crippen LogP contribution is 2.17. The van der Waals surface area contributed by atoms with Crippen molar-refractivity contribution in [1.82, 2.24) is 4.98 Å². The molecule has 1 rings (SSSR count). The first-order valence-electron chi connectivity index (χ1n) is 4.58. The molecule has 0 amide bonds. The maximum Gasteiger partial charge on any atom is 0.164 e. The van der Waals surface area contributed by atoms with Crippen molar-refractivity contribution in [1.29, 1.82) is 0 Å². The fraction of sp³-hybridized carbons (Fsp3) is 0.400. The predicted molar refractivity (Wildman–Crippen MR) is 64.7 cm³/mol. The van der Waals surface area contributed by atoms with Crippen molar-refractivity contribution < 1.29 is 8.94 Å². The standard InChI is InChI=1S/C10H12ClFN2OS/c1-10(2,3)16(15)14-6-7-4-8(12)9(11)13-5-7/h4-6H,1-3H3/t16-/m1/s1. The van der Waals surface area contributed by atoms with E-state index in [9.17, 15) is 8.94 Å². The van der Waals surface area contributed by atoms with Crippen molar-refractivity contribution in [2.24, 2.45) is 4.40 Å². The minimum Gasteiger partial charge on any atom is -0.591 e. The number of hydrogen-bond acceptors (Lipinski definition) is 3. The van der Waals surface area contributed by atoms with Crippen LogP contribution in [0.4, 0.5) is 4.39 Å². The van der Waals surface area contributed by atoms with Crippen LogP contribution in [-0.2, 0) is 11.4 Å². The van der Waals surface area contributed by atoms with E-state index < -0.39 is 21.9 Å². The zero-order valence-electron chi connectivity index (χ0n) is 9.20. The van der Waals surface area contributed by atoms with E-state index in [1.807, 2.05) is 0 Å². The molecule has 16 heavy (non-hydrogen) atoms. The molecule has 0 N–H and O–H groups in total. The summed E-state index contributed by atoms with van der Waals surface area (Å²) >= 11 is 4.06. The van der Waals surface area contributed by atoms with Crippen LogP contribution in [0.5, 0.6) is 0 Å². The largest absolute Gasteiger partial charge is 0.591 e. The second-order valence-corrected chi connectivity index (χ2v) is 6.43. The van der Waals surface area contributed by atoms with Gasteiger partial charge >= 0.3 is 0 Å². The Morgan fingerprint density at radius 1 is 1.56 bits per heavy atom. The van der Waals surface area contributed by atoms with Crippen LogP contribution in [0.1, 0.15) is 26.3 Å². The number of rotatable bonds is 2. The van der Waals surface area contributed by atoms with Crippen molar-refractivity contribution >= 4 is 29.2 Å². The van der Waals surface area contributed by atoms with Crippen LogP contribution in [0.25, 0.3) is 0 Å². The summed E-state index contributed by atoms with van der Waals surface area (Å²) in [6.07, 6.45) is 2.70. The van der Waals surface area contributed by atoms with Crippen LogP contribution in [0, 0.1) is 5.82 Å². The highest BCUT2D eigenvalue weighted by molar-refractivity contribution is 7.91. The Kier molecular flexibility index (Phi) is 4.29. The van der Waals surface area contributed by atoms with Gasteiger partial charge in [0.25, 0.3) is 0 Å². The third-order valence-corrected chi connectivity index (χ3v) is 3.26. The van der Waals surface area contributed by atoms with Crippen LogP contribution < -0.4 is 0 Å². The lowest BCUT2D eigenvalue weighted by molar-refractivity contribution is 0.562. The van der Waals surface area contributed by atoms with Crippen molar-refractivity contribution in [3.05, 3.63) is 28.8 Å². The van der Waals surface area contributed by atoms with Crippen LogP contribution in [0.3, 0.4) is 0 Å². The summed E-state index contributed by atoms with van der Waals surface area (Å²) in [5.74, 6) is -0.618. The summed E-state index contributed by atoms with van der Waals surface area (Å²) < 4.78 is 28.0. The molecule has 0 aromatic carbocycles. The van der Waals surface area contributed by atoms with Crippen LogP contribution in [0.15, 0.2) is 16.7 Å². The maximum atomic E-state index is 13.0.